The fourth-order valence-electron chi connectivity index (χ4n) is 2.57. The summed E-state index contributed by atoms with van der Waals surface area (Å²) in [6.07, 6.45) is 7.95. The Morgan fingerprint density at radius 1 is 1.41 bits per heavy atom. The van der Waals surface area contributed by atoms with E-state index in [-0.39, 0.29) is 5.28 Å². The van der Waals surface area contributed by atoms with Gasteiger partial charge < -0.3 is 10.6 Å². The third kappa shape index (κ3) is 2.80. The van der Waals surface area contributed by atoms with Crippen LogP contribution in [0.1, 0.15) is 39.0 Å². The molecular formula is C12H19ClN4. The molecule has 0 aliphatic heterocycles. The van der Waals surface area contributed by atoms with Crippen LogP contribution in [0.3, 0.4) is 0 Å². The molecule has 0 unspecified atom stereocenters. The number of halogens is 1. The van der Waals surface area contributed by atoms with Crippen molar-refractivity contribution < 1.29 is 0 Å². The number of nitrogen functional groups attached to an aromatic ring is 1. The molecule has 1 aromatic heterocycles. The highest BCUT2D eigenvalue weighted by atomic mass is 35.5. The molecule has 1 saturated carbocycles. The highest BCUT2D eigenvalue weighted by molar-refractivity contribution is 6.28. The monoisotopic (exact) mass is 254 g/mol. The lowest BCUT2D eigenvalue weighted by Gasteiger charge is -2.34. The molecule has 5 heteroatoms. The zero-order valence-corrected chi connectivity index (χ0v) is 11.0. The first kappa shape index (κ1) is 12.4. The van der Waals surface area contributed by atoms with E-state index in [1.807, 2.05) is 0 Å². The van der Waals surface area contributed by atoms with Crippen LogP contribution in [0.4, 0.5) is 11.5 Å². The number of nitrogens with zero attached hydrogens (tertiary/aromatic N) is 3. The molecule has 1 aliphatic rings. The first-order valence-corrected chi connectivity index (χ1v) is 6.64. The molecule has 94 valence electrons. The van der Waals surface area contributed by atoms with Crippen LogP contribution >= 0.6 is 11.6 Å². The van der Waals surface area contributed by atoms with E-state index >= 15 is 0 Å². The van der Waals surface area contributed by atoms with Crippen molar-refractivity contribution in [1.29, 1.82) is 0 Å². The van der Waals surface area contributed by atoms with Crippen LogP contribution in [0, 0.1) is 0 Å². The second kappa shape index (κ2) is 5.54. The van der Waals surface area contributed by atoms with Crippen LogP contribution in [-0.4, -0.2) is 22.6 Å². The fourth-order valence-corrected chi connectivity index (χ4v) is 2.69. The molecule has 2 rings (SSSR count). The average Bonchev–Trinajstić information content (AvgIpc) is 2.36. The first-order valence-electron chi connectivity index (χ1n) is 6.27. The van der Waals surface area contributed by atoms with Crippen LogP contribution < -0.4 is 10.6 Å². The quantitative estimate of drug-likeness (QED) is 0.843. The Morgan fingerprint density at radius 2 is 2.12 bits per heavy atom. The second-order valence-corrected chi connectivity index (χ2v) is 4.83. The van der Waals surface area contributed by atoms with Crippen molar-refractivity contribution >= 4 is 23.1 Å². The zero-order chi connectivity index (χ0) is 12.3. The van der Waals surface area contributed by atoms with Gasteiger partial charge in [0.05, 0.1) is 11.9 Å². The van der Waals surface area contributed by atoms with Gasteiger partial charge in [0.25, 0.3) is 0 Å². The van der Waals surface area contributed by atoms with Crippen molar-refractivity contribution in [2.45, 2.75) is 45.1 Å². The molecule has 4 nitrogen and oxygen atoms in total. The van der Waals surface area contributed by atoms with E-state index in [2.05, 4.69) is 21.8 Å². The standard InChI is InChI=1S/C12H19ClN4/c1-2-17(9-6-4-3-5-7-9)11-10(14)8-15-12(13)16-11/h8-9H,2-7,14H2,1H3. The molecule has 0 saturated heterocycles. The number of anilines is 2. The van der Waals surface area contributed by atoms with Gasteiger partial charge in [0.2, 0.25) is 5.28 Å². The predicted octanol–water partition coefficient (Wildman–Crippen LogP) is 2.87. The van der Waals surface area contributed by atoms with Crippen molar-refractivity contribution in [2.24, 2.45) is 0 Å². The van der Waals surface area contributed by atoms with Gasteiger partial charge in [-0.05, 0) is 31.4 Å². The lowest BCUT2D eigenvalue weighted by molar-refractivity contribution is 0.416. The number of rotatable bonds is 3. The molecule has 1 fully saturated rings. The Balaban J connectivity index is 2.24. The van der Waals surface area contributed by atoms with Gasteiger partial charge in [0.1, 0.15) is 0 Å². The summed E-state index contributed by atoms with van der Waals surface area (Å²) in [5.74, 6) is 0.791. The lowest BCUT2D eigenvalue weighted by Crippen LogP contribution is -2.37. The van der Waals surface area contributed by atoms with Crippen LogP contribution in [0.2, 0.25) is 5.28 Å². The second-order valence-electron chi connectivity index (χ2n) is 4.50. The lowest BCUT2D eigenvalue weighted by atomic mass is 9.94. The van der Waals surface area contributed by atoms with Gasteiger partial charge in [-0.15, -0.1) is 0 Å². The van der Waals surface area contributed by atoms with E-state index in [9.17, 15) is 0 Å². The van der Waals surface area contributed by atoms with Gasteiger partial charge in [0.15, 0.2) is 5.82 Å². The van der Waals surface area contributed by atoms with E-state index in [4.69, 9.17) is 17.3 Å². The molecule has 0 aromatic carbocycles. The average molecular weight is 255 g/mol. The van der Waals surface area contributed by atoms with Crippen molar-refractivity contribution in [3.05, 3.63) is 11.5 Å². The Kier molecular flexibility index (Phi) is 4.05. The molecular weight excluding hydrogens is 236 g/mol. The van der Waals surface area contributed by atoms with Gasteiger partial charge in [-0.25, -0.2) is 4.98 Å². The molecule has 2 N–H and O–H groups in total. The SMILES string of the molecule is CCN(c1nc(Cl)ncc1N)C1CCCCC1. The van der Waals surface area contributed by atoms with Crippen molar-refractivity contribution in [1.82, 2.24) is 9.97 Å². The highest BCUT2D eigenvalue weighted by Crippen LogP contribution is 2.29. The maximum absolute atomic E-state index is 5.95. The molecule has 0 spiro atoms. The Bertz CT molecular complexity index is 377. The minimum Gasteiger partial charge on any atom is -0.394 e. The summed E-state index contributed by atoms with van der Waals surface area (Å²) in [5, 5.41) is 0.267. The minimum atomic E-state index is 0.267. The molecule has 0 bridgehead atoms. The van der Waals surface area contributed by atoms with Gasteiger partial charge in [0, 0.05) is 12.6 Å². The maximum atomic E-state index is 5.95. The summed E-state index contributed by atoms with van der Waals surface area (Å²) in [6.45, 7) is 3.03. The maximum Gasteiger partial charge on any atom is 0.224 e. The molecule has 1 aromatic rings. The van der Waals surface area contributed by atoms with Crippen LogP contribution in [-0.2, 0) is 0 Å². The first-order chi connectivity index (χ1) is 8.22. The number of nitrogens with two attached hydrogens (primary N) is 1. The minimum absolute atomic E-state index is 0.267. The summed E-state index contributed by atoms with van der Waals surface area (Å²) in [7, 11) is 0. The van der Waals surface area contributed by atoms with E-state index in [0.29, 0.717) is 11.7 Å². The highest BCUT2D eigenvalue weighted by Gasteiger charge is 2.22. The van der Waals surface area contributed by atoms with E-state index in [1.165, 1.54) is 32.1 Å². The molecule has 1 aliphatic carbocycles. The summed E-state index contributed by atoms with van der Waals surface area (Å²) in [5.41, 5.74) is 6.56. The predicted molar refractivity (Wildman–Crippen MR) is 71.3 cm³/mol. The fraction of sp³-hybridized carbons (Fsp3) is 0.667. The summed E-state index contributed by atoms with van der Waals surface area (Å²) >= 11 is 5.85. The van der Waals surface area contributed by atoms with Gasteiger partial charge in [-0.2, -0.15) is 4.98 Å². The van der Waals surface area contributed by atoms with Crippen molar-refractivity contribution in [2.75, 3.05) is 17.2 Å². The van der Waals surface area contributed by atoms with Gasteiger partial charge >= 0.3 is 0 Å². The van der Waals surface area contributed by atoms with E-state index in [0.717, 1.165) is 12.4 Å². The molecule has 1 heterocycles. The third-order valence-electron chi connectivity index (χ3n) is 3.39. The summed E-state index contributed by atoms with van der Waals surface area (Å²) in [6, 6.07) is 0.544. The van der Waals surface area contributed by atoms with Crippen LogP contribution in [0.5, 0.6) is 0 Å². The Morgan fingerprint density at radius 3 is 2.76 bits per heavy atom. The third-order valence-corrected chi connectivity index (χ3v) is 3.58. The van der Waals surface area contributed by atoms with E-state index in [1.54, 1.807) is 6.20 Å². The van der Waals surface area contributed by atoms with Gasteiger partial charge in [-0.1, -0.05) is 19.3 Å². The molecule has 0 atom stereocenters. The number of hydrogen-bond donors (Lipinski definition) is 1. The van der Waals surface area contributed by atoms with Crippen molar-refractivity contribution in [3.63, 3.8) is 0 Å². The summed E-state index contributed by atoms with van der Waals surface area (Å²) in [4.78, 5) is 10.4. The van der Waals surface area contributed by atoms with Crippen LogP contribution in [0.25, 0.3) is 0 Å². The smallest absolute Gasteiger partial charge is 0.224 e. The molecule has 17 heavy (non-hydrogen) atoms. The number of aromatic nitrogens is 2. The van der Waals surface area contributed by atoms with Crippen molar-refractivity contribution in [3.8, 4) is 0 Å². The summed E-state index contributed by atoms with van der Waals surface area (Å²) < 4.78 is 0. The zero-order valence-electron chi connectivity index (χ0n) is 10.2. The molecule has 0 amide bonds. The normalized spacial score (nSPS) is 17.1. The van der Waals surface area contributed by atoms with Crippen LogP contribution in [0.15, 0.2) is 6.20 Å². The Hall–Kier alpha value is -1.03. The van der Waals surface area contributed by atoms with E-state index < -0.39 is 0 Å². The Labute approximate surface area is 107 Å². The number of hydrogen-bond acceptors (Lipinski definition) is 4. The largest absolute Gasteiger partial charge is 0.394 e. The molecule has 0 radical (unpaired) electrons. The van der Waals surface area contributed by atoms with Gasteiger partial charge in [-0.3, -0.25) is 0 Å². The topological polar surface area (TPSA) is 55.0 Å².